The van der Waals surface area contributed by atoms with E-state index in [-0.39, 0.29) is 21.6 Å². The summed E-state index contributed by atoms with van der Waals surface area (Å²) in [5, 5.41) is 11.2. The van der Waals surface area contributed by atoms with Crippen LogP contribution in [0.25, 0.3) is 6.08 Å². The molecule has 5 nitrogen and oxygen atoms in total. The molecule has 7 heteroatoms. The first-order valence-corrected chi connectivity index (χ1v) is 8.28. The van der Waals surface area contributed by atoms with Crippen LogP contribution in [0.3, 0.4) is 0 Å². The monoisotopic (exact) mass is 356 g/mol. The van der Waals surface area contributed by atoms with Crippen LogP contribution in [0.2, 0.25) is 0 Å². The Labute approximate surface area is 148 Å². The van der Waals surface area contributed by atoms with Crippen LogP contribution in [0.4, 0.5) is 11.4 Å². The summed E-state index contributed by atoms with van der Waals surface area (Å²) in [6.07, 6.45) is 1.74. The zero-order valence-electron chi connectivity index (χ0n) is 12.6. The molecule has 0 aromatic heterocycles. The largest absolute Gasteiger partial charge is 0.293 e. The minimum absolute atomic E-state index is 0.148. The maximum Gasteiger partial charge on any atom is 0.293 e. The van der Waals surface area contributed by atoms with E-state index in [0.717, 1.165) is 22.9 Å². The SMILES string of the molecule is Cc1ccc(/C=C2\SC(=S)N(c3ccccc3[N+](=O)[O-])C2=O)cc1. The summed E-state index contributed by atoms with van der Waals surface area (Å²) < 4.78 is 0.285. The topological polar surface area (TPSA) is 63.4 Å². The van der Waals surface area contributed by atoms with E-state index >= 15 is 0 Å². The van der Waals surface area contributed by atoms with E-state index in [1.807, 2.05) is 31.2 Å². The molecule has 0 N–H and O–H groups in total. The maximum atomic E-state index is 12.7. The van der Waals surface area contributed by atoms with Crippen LogP contribution in [0, 0.1) is 17.0 Å². The van der Waals surface area contributed by atoms with Gasteiger partial charge in [-0.15, -0.1) is 0 Å². The highest BCUT2D eigenvalue weighted by Gasteiger charge is 2.36. The third-order valence-corrected chi connectivity index (χ3v) is 4.79. The van der Waals surface area contributed by atoms with Crippen molar-refractivity contribution in [2.45, 2.75) is 6.92 Å². The second-order valence-corrected chi connectivity index (χ2v) is 6.85. The van der Waals surface area contributed by atoms with Gasteiger partial charge in [0.15, 0.2) is 4.32 Å². The number of benzene rings is 2. The lowest BCUT2D eigenvalue weighted by Crippen LogP contribution is -2.28. The summed E-state index contributed by atoms with van der Waals surface area (Å²) in [6.45, 7) is 1.98. The number of thioether (sulfide) groups is 1. The van der Waals surface area contributed by atoms with Crippen LogP contribution < -0.4 is 4.90 Å². The molecule has 1 saturated heterocycles. The fraction of sp³-hybridized carbons (Fsp3) is 0.0588. The van der Waals surface area contributed by atoms with Crippen LogP contribution in [0.15, 0.2) is 53.4 Å². The first-order chi connectivity index (χ1) is 11.5. The Balaban J connectivity index is 1.98. The summed E-state index contributed by atoms with van der Waals surface area (Å²) in [4.78, 5) is 25.0. The number of anilines is 1. The standard InChI is InChI=1S/C17H12N2O3S2/c1-11-6-8-12(9-7-11)10-15-16(20)18(17(23)24-15)13-4-2-3-5-14(13)19(21)22/h2-10H,1H3/b15-10-. The number of amides is 1. The van der Waals surface area contributed by atoms with Gasteiger partial charge in [-0.05, 0) is 24.6 Å². The zero-order chi connectivity index (χ0) is 17.3. The van der Waals surface area contributed by atoms with Gasteiger partial charge in [-0.25, -0.2) is 0 Å². The third-order valence-electron chi connectivity index (χ3n) is 3.49. The van der Waals surface area contributed by atoms with Gasteiger partial charge in [0.2, 0.25) is 0 Å². The van der Waals surface area contributed by atoms with Crippen molar-refractivity contribution in [3.8, 4) is 0 Å². The van der Waals surface area contributed by atoms with Gasteiger partial charge >= 0.3 is 0 Å². The maximum absolute atomic E-state index is 12.7. The molecule has 0 spiro atoms. The average Bonchev–Trinajstić information content (AvgIpc) is 2.83. The fourth-order valence-corrected chi connectivity index (χ4v) is 3.58. The predicted molar refractivity (Wildman–Crippen MR) is 99.9 cm³/mol. The second-order valence-electron chi connectivity index (χ2n) is 5.17. The molecule has 1 aliphatic heterocycles. The van der Waals surface area contributed by atoms with Gasteiger partial charge in [0.05, 0.1) is 9.83 Å². The fourth-order valence-electron chi connectivity index (χ4n) is 2.30. The van der Waals surface area contributed by atoms with Crippen molar-refractivity contribution in [2.75, 3.05) is 4.90 Å². The minimum Gasteiger partial charge on any atom is -0.268 e. The highest BCUT2D eigenvalue weighted by molar-refractivity contribution is 8.27. The number of para-hydroxylation sites is 2. The Kier molecular flexibility index (Phi) is 4.46. The summed E-state index contributed by atoms with van der Waals surface area (Å²) >= 11 is 6.41. The van der Waals surface area contributed by atoms with Crippen molar-refractivity contribution in [2.24, 2.45) is 0 Å². The molecule has 2 aromatic carbocycles. The van der Waals surface area contributed by atoms with Crippen molar-refractivity contribution in [1.82, 2.24) is 0 Å². The molecular formula is C17H12N2O3S2. The quantitative estimate of drug-likeness (QED) is 0.355. The number of hydrogen-bond acceptors (Lipinski definition) is 5. The summed E-state index contributed by atoms with van der Waals surface area (Å²) in [5.41, 5.74) is 2.05. The summed E-state index contributed by atoms with van der Waals surface area (Å²) in [5.74, 6) is -0.347. The lowest BCUT2D eigenvalue weighted by molar-refractivity contribution is -0.384. The summed E-state index contributed by atoms with van der Waals surface area (Å²) in [6, 6.07) is 13.8. The van der Waals surface area contributed by atoms with E-state index in [1.54, 1.807) is 18.2 Å². The molecular weight excluding hydrogens is 344 g/mol. The van der Waals surface area contributed by atoms with E-state index in [9.17, 15) is 14.9 Å². The number of nitrogens with zero attached hydrogens (tertiary/aromatic N) is 2. The van der Waals surface area contributed by atoms with Gasteiger partial charge in [0.1, 0.15) is 5.69 Å². The van der Waals surface area contributed by atoms with E-state index in [0.29, 0.717) is 4.91 Å². The van der Waals surface area contributed by atoms with Crippen molar-refractivity contribution in [3.05, 3.63) is 74.7 Å². The number of carbonyl (C=O) groups is 1. The van der Waals surface area contributed by atoms with Crippen LogP contribution in [0.1, 0.15) is 11.1 Å². The molecule has 1 fully saturated rings. The van der Waals surface area contributed by atoms with Gasteiger partial charge in [-0.2, -0.15) is 0 Å². The number of nitro groups is 1. The van der Waals surface area contributed by atoms with Gasteiger partial charge in [0, 0.05) is 6.07 Å². The highest BCUT2D eigenvalue weighted by atomic mass is 32.2. The Bertz CT molecular complexity index is 876. The van der Waals surface area contributed by atoms with Crippen LogP contribution in [-0.4, -0.2) is 15.2 Å². The van der Waals surface area contributed by atoms with Crippen LogP contribution in [-0.2, 0) is 4.79 Å². The molecule has 1 amide bonds. The second kappa shape index (κ2) is 6.54. The number of aryl methyl sites for hydroxylation is 1. The van der Waals surface area contributed by atoms with E-state index in [4.69, 9.17) is 12.2 Å². The Hall–Kier alpha value is -2.51. The Morgan fingerprint density at radius 3 is 2.50 bits per heavy atom. The number of hydrogen-bond donors (Lipinski definition) is 0. The molecule has 24 heavy (non-hydrogen) atoms. The van der Waals surface area contributed by atoms with E-state index in [2.05, 4.69) is 0 Å². The summed E-state index contributed by atoms with van der Waals surface area (Å²) in [7, 11) is 0. The normalized spacial score (nSPS) is 16.0. The number of thiocarbonyl (C=S) groups is 1. The van der Waals surface area contributed by atoms with Gasteiger partial charge in [-0.1, -0.05) is 65.9 Å². The number of carbonyl (C=O) groups excluding carboxylic acids is 1. The minimum atomic E-state index is -0.516. The molecule has 0 atom stereocenters. The molecule has 0 bridgehead atoms. The van der Waals surface area contributed by atoms with Crippen LogP contribution in [0.5, 0.6) is 0 Å². The Morgan fingerprint density at radius 1 is 1.17 bits per heavy atom. The molecule has 0 aliphatic carbocycles. The van der Waals surface area contributed by atoms with Crippen molar-refractivity contribution in [3.63, 3.8) is 0 Å². The first-order valence-electron chi connectivity index (χ1n) is 7.05. The predicted octanol–water partition coefficient (Wildman–Crippen LogP) is 4.31. The van der Waals surface area contributed by atoms with E-state index in [1.165, 1.54) is 17.0 Å². The molecule has 0 unspecified atom stereocenters. The van der Waals surface area contributed by atoms with Crippen molar-refractivity contribution < 1.29 is 9.72 Å². The van der Waals surface area contributed by atoms with Crippen LogP contribution >= 0.6 is 24.0 Å². The molecule has 3 rings (SSSR count). The van der Waals surface area contributed by atoms with Crippen molar-refractivity contribution in [1.29, 1.82) is 0 Å². The lowest BCUT2D eigenvalue weighted by Gasteiger charge is -2.14. The van der Waals surface area contributed by atoms with Gasteiger partial charge < -0.3 is 0 Å². The average molecular weight is 356 g/mol. The number of nitro benzene ring substituents is 1. The van der Waals surface area contributed by atoms with Gasteiger partial charge in [0.25, 0.3) is 11.6 Å². The number of rotatable bonds is 3. The van der Waals surface area contributed by atoms with Gasteiger partial charge in [-0.3, -0.25) is 19.8 Å². The van der Waals surface area contributed by atoms with E-state index < -0.39 is 4.92 Å². The smallest absolute Gasteiger partial charge is 0.268 e. The highest BCUT2D eigenvalue weighted by Crippen LogP contribution is 2.39. The molecule has 0 radical (unpaired) electrons. The molecule has 2 aromatic rings. The first kappa shape index (κ1) is 16.4. The third kappa shape index (κ3) is 3.08. The molecule has 0 saturated carbocycles. The molecule has 1 aliphatic rings. The molecule has 1 heterocycles. The van der Waals surface area contributed by atoms with Crippen molar-refractivity contribution >= 4 is 51.7 Å². The Morgan fingerprint density at radius 2 is 1.83 bits per heavy atom. The lowest BCUT2D eigenvalue weighted by atomic mass is 10.1. The zero-order valence-corrected chi connectivity index (χ0v) is 14.3. The molecule has 120 valence electrons.